The molecule has 1 aromatic heterocycles. The van der Waals surface area contributed by atoms with E-state index in [1.54, 1.807) is 6.07 Å². The molecule has 1 heterocycles. The zero-order chi connectivity index (χ0) is 9.26. The van der Waals surface area contributed by atoms with E-state index < -0.39 is 0 Å². The maximum absolute atomic E-state index is 11.2. The number of Topliss-reactive ketones (excluding diaryl/α,β-unsaturated/α-hetero) is 1. The second kappa shape index (κ2) is 3.46. The molecule has 0 unspecified atom stereocenters. The molecular weight excluding hydrogens is 186 g/mol. The standard InChI is InChI=1S/C10H10ClNO/c11-10-6-2-7-1-3-8(13)4-5-9(7)12-10/h2,6H,1,3-5H2. The summed E-state index contributed by atoms with van der Waals surface area (Å²) in [5.74, 6) is 0.328. The van der Waals surface area contributed by atoms with Crippen molar-refractivity contribution in [1.82, 2.24) is 4.98 Å². The molecule has 68 valence electrons. The second-order valence-electron chi connectivity index (χ2n) is 3.28. The molecule has 1 aliphatic carbocycles. The van der Waals surface area contributed by atoms with Crippen LogP contribution >= 0.6 is 11.6 Å². The first-order valence-corrected chi connectivity index (χ1v) is 4.79. The smallest absolute Gasteiger partial charge is 0.133 e. The highest BCUT2D eigenvalue weighted by Crippen LogP contribution is 2.18. The number of hydrogen-bond acceptors (Lipinski definition) is 2. The van der Waals surface area contributed by atoms with Gasteiger partial charge in [0.05, 0.1) is 0 Å². The molecule has 0 amide bonds. The predicted octanol–water partition coefficient (Wildman–Crippen LogP) is 2.18. The van der Waals surface area contributed by atoms with Crippen LogP contribution in [-0.2, 0) is 17.6 Å². The topological polar surface area (TPSA) is 30.0 Å². The summed E-state index contributed by atoms with van der Waals surface area (Å²) in [7, 11) is 0. The van der Waals surface area contributed by atoms with E-state index in [2.05, 4.69) is 4.98 Å². The van der Waals surface area contributed by atoms with E-state index in [4.69, 9.17) is 11.6 Å². The molecule has 1 aromatic rings. The molecule has 0 spiro atoms. The molecule has 0 atom stereocenters. The number of hydrogen-bond donors (Lipinski definition) is 0. The van der Waals surface area contributed by atoms with E-state index in [9.17, 15) is 4.79 Å². The summed E-state index contributed by atoms with van der Waals surface area (Å²) in [4.78, 5) is 15.4. The Bertz CT molecular complexity index is 349. The third kappa shape index (κ3) is 1.89. The molecule has 1 aliphatic rings. The first-order chi connectivity index (χ1) is 6.25. The zero-order valence-electron chi connectivity index (χ0n) is 7.22. The SMILES string of the molecule is O=C1CCc2ccc(Cl)nc2CC1. The fourth-order valence-electron chi connectivity index (χ4n) is 1.60. The van der Waals surface area contributed by atoms with E-state index in [-0.39, 0.29) is 0 Å². The normalized spacial score (nSPS) is 16.5. The summed E-state index contributed by atoms with van der Waals surface area (Å²) < 4.78 is 0. The average molecular weight is 196 g/mol. The summed E-state index contributed by atoms with van der Waals surface area (Å²) in [6.45, 7) is 0. The average Bonchev–Trinajstić information content (AvgIpc) is 2.29. The monoisotopic (exact) mass is 195 g/mol. The van der Waals surface area contributed by atoms with Crippen molar-refractivity contribution in [2.45, 2.75) is 25.7 Å². The molecule has 0 aliphatic heterocycles. The lowest BCUT2D eigenvalue weighted by Crippen LogP contribution is -1.96. The number of carbonyl (C=O) groups excluding carboxylic acids is 1. The zero-order valence-corrected chi connectivity index (χ0v) is 7.97. The van der Waals surface area contributed by atoms with E-state index in [1.165, 1.54) is 5.56 Å². The van der Waals surface area contributed by atoms with Gasteiger partial charge in [-0.2, -0.15) is 0 Å². The summed E-state index contributed by atoms with van der Waals surface area (Å²) in [6.07, 6.45) is 2.82. The van der Waals surface area contributed by atoms with Gasteiger partial charge in [-0.1, -0.05) is 17.7 Å². The van der Waals surface area contributed by atoms with Crippen LogP contribution in [0.5, 0.6) is 0 Å². The third-order valence-electron chi connectivity index (χ3n) is 2.35. The van der Waals surface area contributed by atoms with Gasteiger partial charge in [0.1, 0.15) is 10.9 Å². The van der Waals surface area contributed by atoms with E-state index >= 15 is 0 Å². The second-order valence-corrected chi connectivity index (χ2v) is 3.67. The number of fused-ring (bicyclic) bond motifs is 1. The van der Waals surface area contributed by atoms with Crippen LogP contribution in [0.15, 0.2) is 12.1 Å². The Morgan fingerprint density at radius 1 is 1.15 bits per heavy atom. The Labute approximate surface area is 81.9 Å². The Kier molecular flexibility index (Phi) is 2.32. The molecule has 0 aromatic carbocycles. The van der Waals surface area contributed by atoms with Gasteiger partial charge in [-0.05, 0) is 24.5 Å². The van der Waals surface area contributed by atoms with Crippen LogP contribution in [0.2, 0.25) is 5.15 Å². The number of carbonyl (C=O) groups is 1. The van der Waals surface area contributed by atoms with Crippen LogP contribution in [-0.4, -0.2) is 10.8 Å². The quantitative estimate of drug-likeness (QED) is 0.469. The highest BCUT2D eigenvalue weighted by atomic mass is 35.5. The van der Waals surface area contributed by atoms with Gasteiger partial charge >= 0.3 is 0 Å². The fraction of sp³-hybridized carbons (Fsp3) is 0.400. The number of halogens is 1. The van der Waals surface area contributed by atoms with Crippen molar-refractivity contribution in [3.8, 4) is 0 Å². The number of aromatic nitrogens is 1. The molecule has 0 saturated heterocycles. The minimum atomic E-state index is 0.328. The Morgan fingerprint density at radius 3 is 2.77 bits per heavy atom. The molecule has 0 radical (unpaired) electrons. The van der Waals surface area contributed by atoms with E-state index in [0.29, 0.717) is 23.8 Å². The number of rotatable bonds is 0. The largest absolute Gasteiger partial charge is 0.300 e. The maximum atomic E-state index is 11.2. The van der Waals surface area contributed by atoms with Crippen molar-refractivity contribution in [3.63, 3.8) is 0 Å². The predicted molar refractivity (Wildman–Crippen MR) is 50.9 cm³/mol. The van der Waals surface area contributed by atoms with Gasteiger partial charge in [0, 0.05) is 18.5 Å². The van der Waals surface area contributed by atoms with Crippen molar-refractivity contribution in [2.75, 3.05) is 0 Å². The molecule has 0 bridgehead atoms. The van der Waals surface area contributed by atoms with Crippen LogP contribution in [0.1, 0.15) is 24.1 Å². The van der Waals surface area contributed by atoms with Gasteiger partial charge in [-0.25, -0.2) is 4.98 Å². The molecule has 2 nitrogen and oxygen atoms in total. The lowest BCUT2D eigenvalue weighted by molar-refractivity contribution is -0.118. The Morgan fingerprint density at radius 2 is 1.92 bits per heavy atom. The summed E-state index contributed by atoms with van der Waals surface area (Å²) in [6, 6.07) is 3.76. The van der Waals surface area contributed by atoms with Crippen molar-refractivity contribution in [1.29, 1.82) is 0 Å². The summed E-state index contributed by atoms with van der Waals surface area (Å²) in [5.41, 5.74) is 2.17. The van der Waals surface area contributed by atoms with Gasteiger partial charge in [-0.15, -0.1) is 0 Å². The van der Waals surface area contributed by atoms with Crippen LogP contribution in [0.4, 0.5) is 0 Å². The highest BCUT2D eigenvalue weighted by molar-refractivity contribution is 6.29. The van der Waals surface area contributed by atoms with Gasteiger partial charge in [0.15, 0.2) is 0 Å². The van der Waals surface area contributed by atoms with E-state index in [0.717, 1.165) is 18.5 Å². The Hall–Kier alpha value is -0.890. The van der Waals surface area contributed by atoms with Crippen LogP contribution in [0.25, 0.3) is 0 Å². The summed E-state index contributed by atoms with van der Waals surface area (Å²) in [5, 5.41) is 0.521. The van der Waals surface area contributed by atoms with E-state index in [1.807, 2.05) is 6.07 Å². The first-order valence-electron chi connectivity index (χ1n) is 4.42. The van der Waals surface area contributed by atoms with Crippen molar-refractivity contribution in [3.05, 3.63) is 28.5 Å². The Balaban J connectivity index is 2.35. The van der Waals surface area contributed by atoms with Crippen LogP contribution < -0.4 is 0 Å². The highest BCUT2D eigenvalue weighted by Gasteiger charge is 2.13. The van der Waals surface area contributed by atoms with Crippen molar-refractivity contribution >= 4 is 17.4 Å². The van der Waals surface area contributed by atoms with Gasteiger partial charge in [0.2, 0.25) is 0 Å². The van der Waals surface area contributed by atoms with Crippen LogP contribution in [0.3, 0.4) is 0 Å². The fourth-order valence-corrected chi connectivity index (χ4v) is 1.77. The molecule has 0 saturated carbocycles. The number of nitrogens with zero attached hydrogens (tertiary/aromatic N) is 1. The van der Waals surface area contributed by atoms with Gasteiger partial charge < -0.3 is 0 Å². The van der Waals surface area contributed by atoms with Crippen LogP contribution in [0, 0.1) is 0 Å². The first kappa shape index (κ1) is 8.70. The minimum Gasteiger partial charge on any atom is -0.300 e. The number of aryl methyl sites for hydroxylation is 2. The third-order valence-corrected chi connectivity index (χ3v) is 2.56. The van der Waals surface area contributed by atoms with Crippen molar-refractivity contribution < 1.29 is 4.79 Å². The molecule has 2 rings (SSSR count). The molecular formula is C10H10ClNO. The molecule has 3 heteroatoms. The lowest BCUT2D eigenvalue weighted by atomic mass is 10.1. The molecule has 0 N–H and O–H groups in total. The lowest BCUT2D eigenvalue weighted by Gasteiger charge is -2.02. The van der Waals surface area contributed by atoms with Crippen molar-refractivity contribution in [2.24, 2.45) is 0 Å². The number of ketones is 1. The molecule has 13 heavy (non-hydrogen) atoms. The minimum absolute atomic E-state index is 0.328. The summed E-state index contributed by atoms with van der Waals surface area (Å²) >= 11 is 5.77. The van der Waals surface area contributed by atoms with Gasteiger partial charge in [0.25, 0.3) is 0 Å². The maximum Gasteiger partial charge on any atom is 0.133 e. The van der Waals surface area contributed by atoms with Gasteiger partial charge in [-0.3, -0.25) is 4.79 Å². The molecule has 0 fully saturated rings. The number of pyridine rings is 1.